The van der Waals surface area contributed by atoms with Gasteiger partial charge in [0.25, 0.3) is 0 Å². The van der Waals surface area contributed by atoms with Crippen molar-refractivity contribution >= 4 is 11.5 Å². The van der Waals surface area contributed by atoms with Crippen molar-refractivity contribution in [3.63, 3.8) is 0 Å². The summed E-state index contributed by atoms with van der Waals surface area (Å²) in [6.45, 7) is 0. The van der Waals surface area contributed by atoms with Crippen molar-refractivity contribution in [2.75, 3.05) is 0 Å². The summed E-state index contributed by atoms with van der Waals surface area (Å²) in [5, 5.41) is 20.9. The molecule has 0 aliphatic heterocycles. The van der Waals surface area contributed by atoms with Crippen molar-refractivity contribution in [2.45, 2.75) is 0 Å². The summed E-state index contributed by atoms with van der Waals surface area (Å²) in [5.74, 6) is -1.30. The van der Waals surface area contributed by atoms with E-state index in [1.165, 1.54) is 24.4 Å². The molecule has 0 unspecified atom stereocenters. The number of rotatable bonds is 3. The Labute approximate surface area is 105 Å². The Balaban J connectivity index is 2.39. The Morgan fingerprint density at radius 2 is 1.68 bits per heavy atom. The zero-order chi connectivity index (χ0) is 14.0. The highest BCUT2D eigenvalue weighted by Crippen LogP contribution is 2.25. The fourth-order valence-corrected chi connectivity index (χ4v) is 1.50. The minimum Gasteiger partial charge on any atom is -0.358 e. The molecule has 96 valence electrons. The van der Waals surface area contributed by atoms with E-state index < -0.39 is 21.4 Å². The second-order valence-electron chi connectivity index (χ2n) is 3.59. The molecular formula is C11H6FN3O4. The molecule has 0 spiro atoms. The van der Waals surface area contributed by atoms with Crippen LogP contribution in [0.1, 0.15) is 0 Å². The number of aromatic nitrogens is 1. The lowest BCUT2D eigenvalue weighted by molar-refractivity contribution is -0.389. The molecule has 2 aromatic rings. The number of halogens is 1. The Bertz CT molecular complexity index is 657. The van der Waals surface area contributed by atoms with Crippen LogP contribution in [0.25, 0.3) is 11.1 Å². The predicted octanol–water partition coefficient (Wildman–Crippen LogP) is 2.70. The van der Waals surface area contributed by atoms with Gasteiger partial charge in [-0.3, -0.25) is 10.1 Å². The number of pyridine rings is 1. The first-order valence-corrected chi connectivity index (χ1v) is 5.04. The minimum atomic E-state index is -0.971. The van der Waals surface area contributed by atoms with Gasteiger partial charge in [-0.2, -0.15) is 4.39 Å². The molecule has 1 aromatic carbocycles. The van der Waals surface area contributed by atoms with E-state index in [2.05, 4.69) is 4.98 Å². The number of nitro benzene ring substituents is 1. The summed E-state index contributed by atoms with van der Waals surface area (Å²) < 4.78 is 13.4. The van der Waals surface area contributed by atoms with E-state index in [9.17, 15) is 24.6 Å². The van der Waals surface area contributed by atoms with Crippen molar-refractivity contribution < 1.29 is 14.2 Å². The maximum atomic E-state index is 13.4. The monoisotopic (exact) mass is 263 g/mol. The molecule has 2 rings (SSSR count). The highest BCUT2D eigenvalue weighted by molar-refractivity contribution is 5.64. The molecule has 0 radical (unpaired) electrons. The number of benzene rings is 1. The van der Waals surface area contributed by atoms with Gasteiger partial charge in [0.15, 0.2) is 0 Å². The first-order valence-electron chi connectivity index (χ1n) is 5.04. The van der Waals surface area contributed by atoms with Crippen LogP contribution in [-0.4, -0.2) is 14.8 Å². The lowest BCUT2D eigenvalue weighted by Crippen LogP contribution is -1.94. The molecule has 8 heteroatoms. The molecule has 0 saturated heterocycles. The molecule has 19 heavy (non-hydrogen) atoms. The Hall–Kier alpha value is -2.90. The Morgan fingerprint density at radius 1 is 1.00 bits per heavy atom. The van der Waals surface area contributed by atoms with Gasteiger partial charge >= 0.3 is 11.5 Å². The zero-order valence-corrected chi connectivity index (χ0v) is 9.32. The molecule has 0 aliphatic rings. The summed E-state index contributed by atoms with van der Waals surface area (Å²) in [6, 6.07) is 5.94. The first-order chi connectivity index (χ1) is 8.99. The number of hydrogen-bond acceptors (Lipinski definition) is 5. The molecule has 0 N–H and O–H groups in total. The summed E-state index contributed by atoms with van der Waals surface area (Å²) in [5.41, 5.74) is 0.156. The topological polar surface area (TPSA) is 99.2 Å². The third kappa shape index (κ3) is 2.51. The number of nitrogens with zero attached hydrogens (tertiary/aromatic N) is 3. The largest absolute Gasteiger partial charge is 0.363 e. The fourth-order valence-electron chi connectivity index (χ4n) is 1.50. The summed E-state index contributed by atoms with van der Waals surface area (Å²) in [7, 11) is 0. The number of nitro groups is 2. The van der Waals surface area contributed by atoms with Crippen LogP contribution >= 0.6 is 0 Å². The zero-order valence-electron chi connectivity index (χ0n) is 9.32. The van der Waals surface area contributed by atoms with E-state index in [0.29, 0.717) is 11.1 Å². The standard InChI is InChI=1S/C11H6FN3O4/c12-9-5-7(1-3-10(9)14(16)17)8-2-4-11(13-6-8)15(18)19/h1-6H. The molecule has 0 bridgehead atoms. The maximum absolute atomic E-state index is 13.4. The molecule has 1 aromatic heterocycles. The van der Waals surface area contributed by atoms with Crippen molar-refractivity contribution in [1.82, 2.24) is 4.98 Å². The SMILES string of the molecule is O=[N+]([O-])c1ccc(-c2ccc([N+](=O)[O-])c(F)c2)cn1. The molecule has 0 fully saturated rings. The smallest absolute Gasteiger partial charge is 0.358 e. The molecule has 7 nitrogen and oxygen atoms in total. The second-order valence-corrected chi connectivity index (χ2v) is 3.59. The first kappa shape index (κ1) is 12.6. The highest BCUT2D eigenvalue weighted by Gasteiger charge is 2.15. The van der Waals surface area contributed by atoms with Crippen LogP contribution < -0.4 is 0 Å². The van der Waals surface area contributed by atoms with Gasteiger partial charge in [-0.05, 0) is 33.7 Å². The normalized spacial score (nSPS) is 10.2. The van der Waals surface area contributed by atoms with Crippen LogP contribution in [0.3, 0.4) is 0 Å². The van der Waals surface area contributed by atoms with Gasteiger partial charge in [0.2, 0.25) is 5.82 Å². The molecule has 0 saturated carbocycles. The third-order valence-corrected chi connectivity index (χ3v) is 2.41. The quantitative estimate of drug-likeness (QED) is 0.626. The third-order valence-electron chi connectivity index (χ3n) is 2.41. The van der Waals surface area contributed by atoms with E-state index in [0.717, 1.165) is 12.1 Å². The molecule has 1 heterocycles. The van der Waals surface area contributed by atoms with Crippen molar-refractivity contribution in [3.05, 3.63) is 62.6 Å². The lowest BCUT2D eigenvalue weighted by Gasteiger charge is -2.00. The van der Waals surface area contributed by atoms with Gasteiger partial charge in [0.1, 0.15) is 6.20 Å². The Kier molecular flexibility index (Phi) is 3.15. The maximum Gasteiger partial charge on any atom is 0.363 e. The van der Waals surface area contributed by atoms with Crippen LogP contribution in [0.15, 0.2) is 36.5 Å². The van der Waals surface area contributed by atoms with E-state index in [-0.39, 0.29) is 5.82 Å². The van der Waals surface area contributed by atoms with Crippen LogP contribution in [0.4, 0.5) is 15.9 Å². The van der Waals surface area contributed by atoms with Gasteiger partial charge in [0.05, 0.1) is 4.92 Å². The van der Waals surface area contributed by atoms with E-state index in [1.54, 1.807) is 0 Å². The van der Waals surface area contributed by atoms with Gasteiger partial charge in [-0.25, -0.2) is 0 Å². The number of hydrogen-bond donors (Lipinski definition) is 0. The predicted molar refractivity (Wildman–Crippen MR) is 62.9 cm³/mol. The molecule has 0 atom stereocenters. The second kappa shape index (κ2) is 4.77. The van der Waals surface area contributed by atoms with Crippen LogP contribution in [0.5, 0.6) is 0 Å². The van der Waals surface area contributed by atoms with Crippen molar-refractivity contribution in [2.24, 2.45) is 0 Å². The molecule has 0 aliphatic carbocycles. The van der Waals surface area contributed by atoms with Crippen LogP contribution in [0.2, 0.25) is 0 Å². The van der Waals surface area contributed by atoms with E-state index >= 15 is 0 Å². The fraction of sp³-hybridized carbons (Fsp3) is 0. The molecular weight excluding hydrogens is 257 g/mol. The lowest BCUT2D eigenvalue weighted by atomic mass is 10.1. The Morgan fingerprint density at radius 3 is 2.16 bits per heavy atom. The summed E-state index contributed by atoms with van der Waals surface area (Å²) in [6.07, 6.45) is 1.21. The summed E-state index contributed by atoms with van der Waals surface area (Å²) in [4.78, 5) is 23.0. The van der Waals surface area contributed by atoms with Gasteiger partial charge in [-0.1, -0.05) is 0 Å². The van der Waals surface area contributed by atoms with E-state index in [1.807, 2.05) is 0 Å². The minimum absolute atomic E-state index is 0.328. The van der Waals surface area contributed by atoms with Crippen molar-refractivity contribution in [1.29, 1.82) is 0 Å². The summed E-state index contributed by atoms with van der Waals surface area (Å²) >= 11 is 0. The van der Waals surface area contributed by atoms with Gasteiger partial charge in [0, 0.05) is 17.7 Å². The molecule has 0 amide bonds. The van der Waals surface area contributed by atoms with E-state index in [4.69, 9.17) is 0 Å². The van der Waals surface area contributed by atoms with Crippen LogP contribution in [0, 0.1) is 26.0 Å². The average molecular weight is 263 g/mol. The average Bonchev–Trinajstić information content (AvgIpc) is 2.38. The highest BCUT2D eigenvalue weighted by atomic mass is 19.1. The van der Waals surface area contributed by atoms with Crippen LogP contribution in [-0.2, 0) is 0 Å². The van der Waals surface area contributed by atoms with Gasteiger partial charge < -0.3 is 10.1 Å². The van der Waals surface area contributed by atoms with Gasteiger partial charge in [-0.15, -0.1) is 0 Å². The van der Waals surface area contributed by atoms with Crippen molar-refractivity contribution in [3.8, 4) is 11.1 Å².